The summed E-state index contributed by atoms with van der Waals surface area (Å²) in [6.45, 7) is 0. The van der Waals surface area contributed by atoms with Gasteiger partial charge in [-0.3, -0.25) is 14.9 Å². The maximum absolute atomic E-state index is 13.4. The molecule has 0 amide bonds. The number of carbonyl (C=O) groups is 1. The lowest BCUT2D eigenvalue weighted by Gasteiger charge is -2.59. The number of benzene rings is 1. The standard InChI is InChI=1S/C17H19FN2O4/c18-12-1-2-13(14(6-12)20(23)24)19-15-11-4-9-3-10(5-11)8-17(15,7-9)16(21)22/h1-2,6,9-11,15,19H,3-5,7-8H2,(H,21,22). The number of hydrogen-bond donors (Lipinski definition) is 2. The van der Waals surface area contributed by atoms with Gasteiger partial charge in [-0.25, -0.2) is 4.39 Å². The lowest BCUT2D eigenvalue weighted by molar-refractivity contribution is -0.384. The maximum Gasteiger partial charge on any atom is 0.311 e. The number of nitrogens with one attached hydrogen (secondary N) is 1. The maximum atomic E-state index is 13.4. The lowest BCUT2D eigenvalue weighted by atomic mass is 9.47. The van der Waals surface area contributed by atoms with E-state index in [0.717, 1.165) is 25.3 Å². The highest BCUT2D eigenvalue weighted by Crippen LogP contribution is 2.60. The monoisotopic (exact) mass is 334 g/mol. The van der Waals surface area contributed by atoms with Crippen molar-refractivity contribution < 1.29 is 19.2 Å². The average Bonchev–Trinajstić information content (AvgIpc) is 2.51. The Morgan fingerprint density at radius 1 is 1.29 bits per heavy atom. The van der Waals surface area contributed by atoms with Crippen molar-refractivity contribution in [3.63, 3.8) is 0 Å². The highest BCUT2D eigenvalue weighted by atomic mass is 19.1. The topological polar surface area (TPSA) is 92.5 Å². The van der Waals surface area contributed by atoms with Crippen molar-refractivity contribution in [2.75, 3.05) is 5.32 Å². The molecular weight excluding hydrogens is 315 g/mol. The van der Waals surface area contributed by atoms with Gasteiger partial charge >= 0.3 is 5.97 Å². The number of carboxylic acids is 1. The van der Waals surface area contributed by atoms with Gasteiger partial charge in [-0.15, -0.1) is 0 Å². The second-order valence-electron chi connectivity index (χ2n) is 7.61. The van der Waals surface area contributed by atoms with Crippen molar-refractivity contribution in [2.24, 2.45) is 23.2 Å². The smallest absolute Gasteiger partial charge is 0.311 e. The number of nitro groups is 1. The van der Waals surface area contributed by atoms with Gasteiger partial charge in [0.1, 0.15) is 11.5 Å². The molecule has 24 heavy (non-hydrogen) atoms. The first-order chi connectivity index (χ1) is 11.4. The van der Waals surface area contributed by atoms with Gasteiger partial charge in [0.25, 0.3) is 5.69 Å². The van der Waals surface area contributed by atoms with Crippen LogP contribution < -0.4 is 5.32 Å². The van der Waals surface area contributed by atoms with Crippen LogP contribution in [0.3, 0.4) is 0 Å². The molecule has 0 radical (unpaired) electrons. The number of halogens is 1. The lowest BCUT2D eigenvalue weighted by Crippen LogP contribution is -2.62. The molecule has 4 bridgehead atoms. The molecule has 2 N–H and O–H groups in total. The third-order valence-corrected chi connectivity index (χ3v) is 6.20. The number of carboxylic acid groups (broad SMARTS) is 1. The molecule has 5 rings (SSSR count). The number of nitrogens with zero attached hydrogens (tertiary/aromatic N) is 1. The second-order valence-corrected chi connectivity index (χ2v) is 7.61. The summed E-state index contributed by atoms with van der Waals surface area (Å²) in [5.41, 5.74) is -0.999. The summed E-state index contributed by atoms with van der Waals surface area (Å²) in [4.78, 5) is 22.7. The largest absolute Gasteiger partial charge is 0.481 e. The van der Waals surface area contributed by atoms with E-state index in [1.165, 1.54) is 12.1 Å². The van der Waals surface area contributed by atoms with Crippen molar-refractivity contribution in [1.29, 1.82) is 0 Å². The van der Waals surface area contributed by atoms with Crippen LogP contribution in [0.25, 0.3) is 0 Å². The molecule has 4 fully saturated rings. The van der Waals surface area contributed by atoms with Crippen LogP contribution in [0.1, 0.15) is 32.1 Å². The third kappa shape index (κ3) is 2.17. The minimum Gasteiger partial charge on any atom is -0.481 e. The van der Waals surface area contributed by atoms with Gasteiger partial charge in [0.15, 0.2) is 0 Å². The van der Waals surface area contributed by atoms with Crippen molar-refractivity contribution in [1.82, 2.24) is 0 Å². The van der Waals surface area contributed by atoms with Gasteiger partial charge in [0.2, 0.25) is 0 Å². The van der Waals surface area contributed by atoms with Crippen LogP contribution in [0.15, 0.2) is 18.2 Å². The zero-order chi connectivity index (χ0) is 17.1. The molecular formula is C17H19FN2O4. The van der Waals surface area contributed by atoms with E-state index in [-0.39, 0.29) is 23.3 Å². The molecule has 0 aromatic heterocycles. The SMILES string of the molecule is O=C(O)C12CC3CC(CC(C3)C1Nc1ccc(F)cc1[N+](=O)[O-])C2. The minimum absolute atomic E-state index is 0.206. The molecule has 4 saturated carbocycles. The second kappa shape index (κ2) is 5.16. The first kappa shape index (κ1) is 15.4. The number of aliphatic carboxylic acids is 1. The summed E-state index contributed by atoms with van der Waals surface area (Å²) in [6, 6.07) is 3.05. The van der Waals surface area contributed by atoms with E-state index in [0.29, 0.717) is 24.7 Å². The van der Waals surface area contributed by atoms with Crippen molar-refractivity contribution >= 4 is 17.3 Å². The van der Waals surface area contributed by atoms with Gasteiger partial charge in [0, 0.05) is 6.04 Å². The third-order valence-electron chi connectivity index (χ3n) is 6.20. The van der Waals surface area contributed by atoms with Crippen LogP contribution in [-0.2, 0) is 4.79 Å². The van der Waals surface area contributed by atoms with E-state index in [4.69, 9.17) is 0 Å². The number of rotatable bonds is 4. The Hall–Kier alpha value is -2.18. The summed E-state index contributed by atoms with van der Waals surface area (Å²) < 4.78 is 13.4. The van der Waals surface area contributed by atoms with Crippen LogP contribution in [0.4, 0.5) is 15.8 Å². The molecule has 1 aromatic rings. The fourth-order valence-corrected chi connectivity index (χ4v) is 5.55. The van der Waals surface area contributed by atoms with E-state index >= 15 is 0 Å². The fourth-order valence-electron chi connectivity index (χ4n) is 5.55. The molecule has 4 aliphatic carbocycles. The van der Waals surface area contributed by atoms with Gasteiger partial charge in [-0.2, -0.15) is 0 Å². The zero-order valence-electron chi connectivity index (χ0n) is 13.1. The molecule has 7 heteroatoms. The van der Waals surface area contributed by atoms with Crippen LogP contribution in [-0.4, -0.2) is 22.0 Å². The first-order valence-corrected chi connectivity index (χ1v) is 8.33. The Morgan fingerprint density at radius 2 is 1.96 bits per heavy atom. The summed E-state index contributed by atoms with van der Waals surface area (Å²) in [6.07, 6.45) is 4.30. The molecule has 1 aromatic carbocycles. The highest BCUT2D eigenvalue weighted by molar-refractivity contribution is 5.78. The predicted molar refractivity (Wildman–Crippen MR) is 84.1 cm³/mol. The Morgan fingerprint density at radius 3 is 2.54 bits per heavy atom. The fraction of sp³-hybridized carbons (Fsp3) is 0.588. The molecule has 6 nitrogen and oxygen atoms in total. The molecule has 3 atom stereocenters. The Balaban J connectivity index is 1.71. The summed E-state index contributed by atoms with van der Waals surface area (Å²) in [5, 5.41) is 24.3. The number of anilines is 1. The molecule has 128 valence electrons. The van der Waals surface area contributed by atoms with E-state index < -0.39 is 22.1 Å². The minimum atomic E-state index is -0.864. The molecule has 0 heterocycles. The first-order valence-electron chi connectivity index (χ1n) is 8.33. The van der Waals surface area contributed by atoms with E-state index in [1.807, 2.05) is 0 Å². The molecule has 3 unspecified atom stereocenters. The van der Waals surface area contributed by atoms with Crippen molar-refractivity contribution in [3.8, 4) is 0 Å². The van der Waals surface area contributed by atoms with Crippen molar-refractivity contribution in [2.45, 2.75) is 38.1 Å². The van der Waals surface area contributed by atoms with E-state index in [1.54, 1.807) is 0 Å². The zero-order valence-corrected chi connectivity index (χ0v) is 13.1. The molecule has 4 aliphatic rings. The van der Waals surface area contributed by atoms with Gasteiger partial charge in [-0.05, 0) is 62.0 Å². The van der Waals surface area contributed by atoms with Crippen LogP contribution in [0.5, 0.6) is 0 Å². The van der Waals surface area contributed by atoms with Gasteiger partial charge < -0.3 is 10.4 Å². The van der Waals surface area contributed by atoms with Crippen LogP contribution in [0, 0.1) is 39.1 Å². The number of nitro benzene ring substituents is 1. The summed E-state index contributed by atoms with van der Waals surface area (Å²) >= 11 is 0. The Bertz CT molecular complexity index is 709. The average molecular weight is 334 g/mol. The predicted octanol–water partition coefficient (Wildman–Crippen LogP) is 3.43. The summed E-state index contributed by atoms with van der Waals surface area (Å²) in [7, 11) is 0. The van der Waals surface area contributed by atoms with E-state index in [9.17, 15) is 24.4 Å². The van der Waals surface area contributed by atoms with E-state index in [2.05, 4.69) is 5.32 Å². The van der Waals surface area contributed by atoms with Crippen LogP contribution in [0.2, 0.25) is 0 Å². The summed E-state index contributed by atoms with van der Waals surface area (Å²) in [5.74, 6) is -0.397. The van der Waals surface area contributed by atoms with Crippen molar-refractivity contribution in [3.05, 3.63) is 34.1 Å². The quantitative estimate of drug-likeness (QED) is 0.650. The number of hydrogen-bond acceptors (Lipinski definition) is 4. The Labute approximate surface area is 138 Å². The van der Waals surface area contributed by atoms with Gasteiger partial charge in [-0.1, -0.05) is 0 Å². The molecule has 0 spiro atoms. The molecule has 0 saturated heterocycles. The van der Waals surface area contributed by atoms with Crippen LogP contribution >= 0.6 is 0 Å². The van der Waals surface area contributed by atoms with Gasteiger partial charge in [0.05, 0.1) is 16.4 Å². The molecule has 0 aliphatic heterocycles. The highest BCUT2D eigenvalue weighted by Gasteiger charge is 2.61. The normalized spacial score (nSPS) is 36.5. The Kier molecular flexibility index (Phi) is 3.30.